The largest absolute Gasteiger partial charge is 0.396 e. The highest BCUT2D eigenvalue weighted by molar-refractivity contribution is 7.15. The van der Waals surface area contributed by atoms with Gasteiger partial charge in [0.15, 0.2) is 0 Å². The minimum Gasteiger partial charge on any atom is -0.396 e. The van der Waals surface area contributed by atoms with Crippen LogP contribution in [0, 0.1) is 5.41 Å². The molecule has 0 radical (unpaired) electrons. The Bertz CT molecular complexity index is 581. The zero-order valence-electron chi connectivity index (χ0n) is 13.7. The van der Waals surface area contributed by atoms with Crippen molar-refractivity contribution in [3.8, 4) is 0 Å². The maximum absolute atomic E-state index is 9.75. The number of anilines is 1. The second-order valence-corrected chi connectivity index (χ2v) is 7.60. The summed E-state index contributed by atoms with van der Waals surface area (Å²) in [6.45, 7) is 9.28. The molecule has 1 aromatic heterocycles. The van der Waals surface area contributed by atoms with Crippen molar-refractivity contribution in [1.82, 2.24) is 10.2 Å². The fourth-order valence-corrected chi connectivity index (χ4v) is 3.12. The Kier molecular flexibility index (Phi) is 5.53. The third-order valence-corrected chi connectivity index (χ3v) is 5.13. The molecule has 0 saturated heterocycles. The lowest BCUT2D eigenvalue weighted by Gasteiger charge is -2.33. The van der Waals surface area contributed by atoms with Gasteiger partial charge in [-0.3, -0.25) is 0 Å². The van der Waals surface area contributed by atoms with Crippen LogP contribution in [0.3, 0.4) is 0 Å². The Balaban J connectivity index is 2.13. The number of benzene rings is 1. The maximum atomic E-state index is 9.75. The van der Waals surface area contributed by atoms with Crippen LogP contribution < -0.4 is 5.32 Å². The Morgan fingerprint density at radius 2 is 1.86 bits per heavy atom. The number of nitrogens with one attached hydrogen (secondary N) is 1. The highest BCUT2D eigenvalue weighted by Crippen LogP contribution is 2.35. The van der Waals surface area contributed by atoms with E-state index in [1.807, 2.05) is 18.2 Å². The molecule has 0 saturated carbocycles. The van der Waals surface area contributed by atoms with Gasteiger partial charge >= 0.3 is 0 Å². The van der Waals surface area contributed by atoms with E-state index in [9.17, 15) is 5.11 Å². The fraction of sp³-hybridized carbons (Fsp3) is 0.529. The van der Waals surface area contributed by atoms with Gasteiger partial charge < -0.3 is 10.4 Å². The molecule has 0 aliphatic heterocycles. The smallest absolute Gasteiger partial charge is 0.205 e. The molecule has 2 aromatic rings. The SMILES string of the molecule is CC(C)c1nnc(NCC(c2ccccc2)C(C)(C)CO)s1. The molecule has 0 aliphatic rings. The van der Waals surface area contributed by atoms with Crippen molar-refractivity contribution in [1.29, 1.82) is 0 Å². The van der Waals surface area contributed by atoms with Gasteiger partial charge in [0.1, 0.15) is 5.01 Å². The summed E-state index contributed by atoms with van der Waals surface area (Å²) in [4.78, 5) is 0. The molecule has 1 aromatic carbocycles. The zero-order valence-corrected chi connectivity index (χ0v) is 14.5. The summed E-state index contributed by atoms with van der Waals surface area (Å²) in [5, 5.41) is 23.4. The number of hydrogen-bond acceptors (Lipinski definition) is 5. The van der Waals surface area contributed by atoms with Crippen LogP contribution in [0.15, 0.2) is 30.3 Å². The second-order valence-electron chi connectivity index (χ2n) is 6.59. The fourth-order valence-electron chi connectivity index (χ4n) is 2.37. The van der Waals surface area contributed by atoms with Crippen molar-refractivity contribution in [2.24, 2.45) is 5.41 Å². The van der Waals surface area contributed by atoms with Gasteiger partial charge in [0.25, 0.3) is 0 Å². The summed E-state index contributed by atoms with van der Waals surface area (Å²) in [6, 6.07) is 10.3. The summed E-state index contributed by atoms with van der Waals surface area (Å²) in [5.41, 5.74) is 1.02. The summed E-state index contributed by atoms with van der Waals surface area (Å²) in [6.07, 6.45) is 0. The van der Waals surface area contributed by atoms with Crippen molar-refractivity contribution in [3.05, 3.63) is 40.9 Å². The van der Waals surface area contributed by atoms with E-state index in [0.717, 1.165) is 16.7 Å². The van der Waals surface area contributed by atoms with Gasteiger partial charge in [-0.25, -0.2) is 0 Å². The summed E-state index contributed by atoms with van der Waals surface area (Å²) < 4.78 is 0. The zero-order chi connectivity index (χ0) is 16.2. The molecule has 0 spiro atoms. The summed E-state index contributed by atoms with van der Waals surface area (Å²) in [7, 11) is 0. The van der Waals surface area contributed by atoms with E-state index in [2.05, 4.69) is 55.3 Å². The van der Waals surface area contributed by atoms with Crippen LogP contribution in [-0.2, 0) is 0 Å². The van der Waals surface area contributed by atoms with Crippen LogP contribution in [0.25, 0.3) is 0 Å². The van der Waals surface area contributed by atoms with Crippen LogP contribution in [0.4, 0.5) is 5.13 Å². The lowest BCUT2D eigenvalue weighted by atomic mass is 9.75. The summed E-state index contributed by atoms with van der Waals surface area (Å²) in [5.74, 6) is 0.594. The number of aliphatic hydroxyl groups is 1. The van der Waals surface area contributed by atoms with Gasteiger partial charge in [0, 0.05) is 25.0 Å². The predicted octanol–water partition coefficient (Wildman–Crippen LogP) is 3.88. The molecule has 0 amide bonds. The average Bonchev–Trinajstić information content (AvgIpc) is 2.97. The number of rotatable bonds is 7. The van der Waals surface area contributed by atoms with Crippen LogP contribution >= 0.6 is 11.3 Å². The minimum absolute atomic E-state index is 0.140. The normalized spacial score (nSPS) is 13.4. The van der Waals surface area contributed by atoms with Crippen molar-refractivity contribution in [3.63, 3.8) is 0 Å². The molecular formula is C17H25N3OS. The first-order valence-corrected chi connectivity index (χ1v) is 8.48. The van der Waals surface area contributed by atoms with Crippen molar-refractivity contribution >= 4 is 16.5 Å². The highest BCUT2D eigenvalue weighted by atomic mass is 32.1. The molecule has 2 N–H and O–H groups in total. The highest BCUT2D eigenvalue weighted by Gasteiger charge is 2.30. The number of hydrogen-bond donors (Lipinski definition) is 2. The van der Waals surface area contributed by atoms with Crippen molar-refractivity contribution in [2.45, 2.75) is 39.5 Å². The van der Waals surface area contributed by atoms with E-state index in [1.165, 1.54) is 5.56 Å². The van der Waals surface area contributed by atoms with Crippen LogP contribution in [0.5, 0.6) is 0 Å². The topological polar surface area (TPSA) is 58.0 Å². The van der Waals surface area contributed by atoms with E-state index >= 15 is 0 Å². The van der Waals surface area contributed by atoms with Gasteiger partial charge in [-0.05, 0) is 11.0 Å². The third-order valence-electron chi connectivity index (χ3n) is 3.94. The van der Waals surface area contributed by atoms with Crippen LogP contribution in [0.1, 0.15) is 50.1 Å². The molecule has 4 nitrogen and oxygen atoms in total. The van der Waals surface area contributed by atoms with Gasteiger partial charge in [0.05, 0.1) is 0 Å². The van der Waals surface area contributed by atoms with E-state index in [1.54, 1.807) is 11.3 Å². The molecule has 1 atom stereocenters. The summed E-state index contributed by atoms with van der Waals surface area (Å²) >= 11 is 1.60. The first kappa shape index (κ1) is 16.9. The Labute approximate surface area is 136 Å². The first-order chi connectivity index (χ1) is 10.4. The molecule has 0 fully saturated rings. The second kappa shape index (κ2) is 7.20. The Hall–Kier alpha value is -1.46. The third kappa shape index (κ3) is 4.05. The van der Waals surface area contributed by atoms with Crippen molar-refractivity contribution < 1.29 is 5.11 Å². The molecule has 1 heterocycles. The molecule has 120 valence electrons. The molecule has 0 bridgehead atoms. The van der Waals surface area contributed by atoms with E-state index < -0.39 is 0 Å². The molecule has 0 aliphatic carbocycles. The average molecular weight is 319 g/mol. The van der Waals surface area contributed by atoms with E-state index in [4.69, 9.17) is 0 Å². The monoisotopic (exact) mass is 319 g/mol. The number of nitrogens with zero attached hydrogens (tertiary/aromatic N) is 2. The van der Waals surface area contributed by atoms with E-state index in [0.29, 0.717) is 5.92 Å². The molecule has 5 heteroatoms. The lowest BCUT2D eigenvalue weighted by Crippen LogP contribution is -2.31. The van der Waals surface area contributed by atoms with Crippen LogP contribution in [-0.4, -0.2) is 28.5 Å². The minimum atomic E-state index is -0.208. The van der Waals surface area contributed by atoms with Gasteiger partial charge in [0.2, 0.25) is 5.13 Å². The molecule has 1 unspecified atom stereocenters. The Morgan fingerprint density at radius 3 is 2.41 bits per heavy atom. The van der Waals surface area contributed by atoms with Gasteiger partial charge in [-0.15, -0.1) is 10.2 Å². The Morgan fingerprint density at radius 1 is 1.18 bits per heavy atom. The number of aliphatic hydroxyl groups excluding tert-OH is 1. The maximum Gasteiger partial charge on any atom is 0.205 e. The van der Waals surface area contributed by atoms with Crippen LogP contribution in [0.2, 0.25) is 0 Å². The van der Waals surface area contributed by atoms with Gasteiger partial charge in [-0.1, -0.05) is 69.4 Å². The van der Waals surface area contributed by atoms with Crippen molar-refractivity contribution in [2.75, 3.05) is 18.5 Å². The standard InChI is InChI=1S/C17H25N3OS/c1-12(2)15-19-20-16(22-15)18-10-14(17(3,4)11-21)13-8-6-5-7-9-13/h5-9,12,14,21H,10-11H2,1-4H3,(H,18,20). The lowest BCUT2D eigenvalue weighted by molar-refractivity contribution is 0.134. The molecular weight excluding hydrogens is 294 g/mol. The first-order valence-electron chi connectivity index (χ1n) is 7.67. The van der Waals surface area contributed by atoms with Gasteiger partial charge in [-0.2, -0.15) is 0 Å². The molecule has 22 heavy (non-hydrogen) atoms. The van der Waals surface area contributed by atoms with E-state index in [-0.39, 0.29) is 17.9 Å². The molecule has 2 rings (SSSR count). The number of aromatic nitrogens is 2. The predicted molar refractivity (Wildman–Crippen MR) is 92.5 cm³/mol. The quantitative estimate of drug-likeness (QED) is 0.813.